The van der Waals surface area contributed by atoms with Crippen LogP contribution < -0.4 is 10.3 Å². The van der Waals surface area contributed by atoms with Crippen LogP contribution in [0.15, 0.2) is 53.5 Å². The van der Waals surface area contributed by atoms with Crippen molar-refractivity contribution in [3.05, 3.63) is 64.6 Å². The molecule has 0 radical (unpaired) electrons. The zero-order valence-electron chi connectivity index (χ0n) is 14.9. The van der Waals surface area contributed by atoms with E-state index in [9.17, 15) is 18.0 Å². The Balaban J connectivity index is 2.16. The highest BCUT2D eigenvalue weighted by molar-refractivity contribution is 7.91. The van der Waals surface area contributed by atoms with Gasteiger partial charge in [0.25, 0.3) is 5.56 Å². The van der Waals surface area contributed by atoms with Crippen LogP contribution in [0.4, 0.5) is 5.69 Å². The summed E-state index contributed by atoms with van der Waals surface area (Å²) < 4.78 is 33.2. The monoisotopic (exact) mass is 378 g/mol. The average molecular weight is 378 g/mol. The van der Waals surface area contributed by atoms with Crippen molar-refractivity contribution in [2.24, 2.45) is 0 Å². The largest absolute Gasteiger partial charge is 0.459 e. The fourth-order valence-corrected chi connectivity index (χ4v) is 3.44. The second-order valence-corrected chi connectivity index (χ2v) is 8.51. The molecule has 0 fully saturated rings. The third-order valence-corrected chi connectivity index (χ3v) is 4.45. The number of hydrogen-bond acceptors (Lipinski definition) is 5. The van der Waals surface area contributed by atoms with E-state index < -0.39 is 27.2 Å². The van der Waals surface area contributed by atoms with E-state index in [4.69, 9.17) is 4.74 Å². The second kappa shape index (κ2) is 7.74. The Morgan fingerprint density at radius 2 is 1.77 bits per heavy atom. The van der Waals surface area contributed by atoms with Crippen molar-refractivity contribution >= 4 is 21.7 Å². The van der Waals surface area contributed by atoms with E-state index in [1.165, 1.54) is 18.3 Å². The lowest BCUT2D eigenvalue weighted by molar-refractivity contribution is -0.155. The van der Waals surface area contributed by atoms with Crippen molar-refractivity contribution in [1.82, 2.24) is 4.57 Å². The molecule has 0 bridgehead atoms. The molecule has 26 heavy (non-hydrogen) atoms. The Morgan fingerprint density at radius 1 is 1.12 bits per heavy atom. The van der Waals surface area contributed by atoms with E-state index in [1.807, 2.05) is 0 Å². The summed E-state index contributed by atoms with van der Waals surface area (Å²) in [5.74, 6) is -0.835. The minimum atomic E-state index is -3.76. The third-order valence-electron chi connectivity index (χ3n) is 3.20. The van der Waals surface area contributed by atoms with Gasteiger partial charge in [0.05, 0.1) is 5.75 Å². The van der Waals surface area contributed by atoms with E-state index in [0.29, 0.717) is 5.56 Å². The smallest absolute Gasteiger partial charge is 0.326 e. The van der Waals surface area contributed by atoms with E-state index in [-0.39, 0.29) is 18.0 Å². The van der Waals surface area contributed by atoms with E-state index in [0.717, 1.165) is 4.57 Å². The summed E-state index contributed by atoms with van der Waals surface area (Å²) in [5.41, 5.74) is -0.803. The Kier molecular flexibility index (Phi) is 5.86. The summed E-state index contributed by atoms with van der Waals surface area (Å²) in [6, 6.07) is 11.5. The van der Waals surface area contributed by atoms with Gasteiger partial charge < -0.3 is 9.30 Å². The topological polar surface area (TPSA) is 94.5 Å². The summed E-state index contributed by atoms with van der Waals surface area (Å²) in [5, 5.41) is 0. The highest BCUT2D eigenvalue weighted by Crippen LogP contribution is 2.10. The van der Waals surface area contributed by atoms with Gasteiger partial charge in [-0.3, -0.25) is 14.3 Å². The SMILES string of the molecule is CC(C)(C)OC(=O)Cn1cccc(NS(=O)(=O)Cc2ccccc2)c1=O. The molecule has 0 aliphatic carbocycles. The maximum atomic E-state index is 12.4. The van der Waals surface area contributed by atoms with Crippen LogP contribution in [-0.4, -0.2) is 24.6 Å². The summed E-state index contributed by atoms with van der Waals surface area (Å²) in [6.07, 6.45) is 1.40. The Labute approximate surface area is 152 Å². The first-order valence-corrected chi connectivity index (χ1v) is 9.67. The minimum Gasteiger partial charge on any atom is -0.459 e. The number of sulfonamides is 1. The van der Waals surface area contributed by atoms with Gasteiger partial charge in [-0.2, -0.15) is 0 Å². The number of carbonyl (C=O) groups excluding carboxylic acids is 1. The van der Waals surface area contributed by atoms with E-state index in [1.54, 1.807) is 51.1 Å². The molecule has 2 rings (SSSR count). The zero-order valence-corrected chi connectivity index (χ0v) is 15.7. The van der Waals surface area contributed by atoms with Gasteiger partial charge in [-0.25, -0.2) is 8.42 Å². The maximum Gasteiger partial charge on any atom is 0.326 e. The van der Waals surface area contributed by atoms with Crippen molar-refractivity contribution in [3.8, 4) is 0 Å². The number of anilines is 1. The molecule has 8 heteroatoms. The van der Waals surface area contributed by atoms with Crippen LogP contribution >= 0.6 is 0 Å². The number of rotatable bonds is 6. The van der Waals surface area contributed by atoms with Crippen molar-refractivity contribution in [2.75, 3.05) is 4.72 Å². The Hall–Kier alpha value is -2.61. The predicted octanol–water partition coefficient (Wildman–Crippen LogP) is 2.13. The maximum absolute atomic E-state index is 12.4. The van der Waals surface area contributed by atoms with Crippen LogP contribution in [0.2, 0.25) is 0 Å². The first kappa shape index (κ1) is 19.7. The van der Waals surface area contributed by atoms with Gasteiger partial charge >= 0.3 is 5.97 Å². The quantitative estimate of drug-likeness (QED) is 0.777. The standard InChI is InChI=1S/C18H22N2O5S/c1-18(2,3)25-16(21)12-20-11-7-10-15(17(20)22)19-26(23,24)13-14-8-5-4-6-9-14/h4-11,19H,12-13H2,1-3H3. The van der Waals surface area contributed by atoms with Crippen LogP contribution in [0.1, 0.15) is 26.3 Å². The third kappa shape index (κ3) is 6.03. The molecule has 0 saturated carbocycles. The van der Waals surface area contributed by atoms with E-state index in [2.05, 4.69) is 4.72 Å². The lowest BCUT2D eigenvalue weighted by Gasteiger charge is -2.19. The fraction of sp³-hybridized carbons (Fsp3) is 0.333. The first-order valence-electron chi connectivity index (χ1n) is 8.01. The second-order valence-electron chi connectivity index (χ2n) is 6.79. The van der Waals surface area contributed by atoms with Gasteiger partial charge in [0.2, 0.25) is 10.0 Å². The number of ether oxygens (including phenoxy) is 1. The lowest BCUT2D eigenvalue weighted by atomic mass is 10.2. The molecule has 0 saturated heterocycles. The molecule has 0 unspecified atom stereocenters. The predicted molar refractivity (Wildman–Crippen MR) is 99.2 cm³/mol. The van der Waals surface area contributed by atoms with Crippen LogP contribution in [0.25, 0.3) is 0 Å². The molecular weight excluding hydrogens is 356 g/mol. The van der Waals surface area contributed by atoms with Gasteiger partial charge in [-0.15, -0.1) is 0 Å². The molecule has 1 heterocycles. The summed E-state index contributed by atoms with van der Waals surface area (Å²) >= 11 is 0. The Morgan fingerprint density at radius 3 is 2.38 bits per heavy atom. The summed E-state index contributed by atoms with van der Waals surface area (Å²) in [4.78, 5) is 24.3. The molecule has 1 N–H and O–H groups in total. The molecule has 1 aromatic heterocycles. The molecule has 0 spiro atoms. The number of carbonyl (C=O) groups is 1. The van der Waals surface area contributed by atoms with Gasteiger partial charge in [0, 0.05) is 6.20 Å². The minimum absolute atomic E-state index is 0.119. The van der Waals surface area contributed by atoms with Crippen molar-refractivity contribution in [3.63, 3.8) is 0 Å². The Bertz CT molecular complexity index is 928. The molecule has 1 aromatic carbocycles. The number of hydrogen-bond donors (Lipinski definition) is 1. The van der Waals surface area contributed by atoms with Crippen molar-refractivity contribution < 1.29 is 17.9 Å². The first-order chi connectivity index (χ1) is 12.1. The molecular formula is C18H22N2O5S. The van der Waals surface area contributed by atoms with Gasteiger partial charge in [-0.05, 0) is 38.5 Å². The normalized spacial score (nSPS) is 11.8. The lowest BCUT2D eigenvalue weighted by Crippen LogP contribution is -2.31. The van der Waals surface area contributed by atoms with Crippen LogP contribution in [0, 0.1) is 0 Å². The number of pyridine rings is 1. The van der Waals surface area contributed by atoms with Crippen LogP contribution in [0.3, 0.4) is 0 Å². The average Bonchev–Trinajstić information content (AvgIpc) is 2.49. The van der Waals surface area contributed by atoms with Crippen molar-refractivity contribution in [2.45, 2.75) is 38.7 Å². The zero-order chi connectivity index (χ0) is 19.4. The van der Waals surface area contributed by atoms with Crippen LogP contribution in [-0.2, 0) is 31.9 Å². The fourth-order valence-electron chi connectivity index (χ4n) is 2.25. The summed E-state index contributed by atoms with van der Waals surface area (Å²) in [7, 11) is -3.76. The molecule has 0 aliphatic heterocycles. The molecule has 7 nitrogen and oxygen atoms in total. The highest BCUT2D eigenvalue weighted by atomic mass is 32.2. The number of nitrogens with one attached hydrogen (secondary N) is 1. The van der Waals surface area contributed by atoms with Gasteiger partial charge in [0.1, 0.15) is 17.8 Å². The number of aromatic nitrogens is 1. The summed E-state index contributed by atoms with van der Waals surface area (Å²) in [6.45, 7) is 4.87. The molecule has 2 aromatic rings. The molecule has 140 valence electrons. The number of benzene rings is 1. The van der Waals surface area contributed by atoms with Crippen molar-refractivity contribution in [1.29, 1.82) is 0 Å². The number of esters is 1. The molecule has 0 aliphatic rings. The van der Waals surface area contributed by atoms with Gasteiger partial charge in [-0.1, -0.05) is 30.3 Å². The highest BCUT2D eigenvalue weighted by Gasteiger charge is 2.18. The molecule has 0 amide bonds. The van der Waals surface area contributed by atoms with Gasteiger partial charge in [0.15, 0.2) is 0 Å². The number of nitrogens with zero attached hydrogens (tertiary/aromatic N) is 1. The van der Waals surface area contributed by atoms with Crippen LogP contribution in [0.5, 0.6) is 0 Å². The molecule has 0 atom stereocenters. The van der Waals surface area contributed by atoms with E-state index >= 15 is 0 Å².